The minimum atomic E-state index is -0.653. The number of carbonyl (C=O) groups excluding carboxylic acids is 1. The highest BCUT2D eigenvalue weighted by molar-refractivity contribution is 5.77. The Labute approximate surface area is 104 Å². The highest BCUT2D eigenvalue weighted by atomic mass is 16.5. The van der Waals surface area contributed by atoms with Gasteiger partial charge in [-0.1, -0.05) is 6.92 Å². The first-order valence-electron chi connectivity index (χ1n) is 6.61. The van der Waals surface area contributed by atoms with Crippen molar-refractivity contribution in [3.8, 4) is 0 Å². The van der Waals surface area contributed by atoms with E-state index in [0.29, 0.717) is 25.5 Å². The van der Waals surface area contributed by atoms with Gasteiger partial charge in [0.15, 0.2) is 0 Å². The van der Waals surface area contributed by atoms with Crippen LogP contribution < -0.4 is 0 Å². The average Bonchev–Trinajstić information content (AvgIpc) is 2.38. The van der Waals surface area contributed by atoms with Gasteiger partial charge in [0, 0.05) is 6.04 Å². The number of esters is 1. The number of aliphatic hydroxyl groups is 1. The largest absolute Gasteiger partial charge is 0.465 e. The summed E-state index contributed by atoms with van der Waals surface area (Å²) in [5.41, 5.74) is -0.653. The second kappa shape index (κ2) is 6.36. The third-order valence-electron chi connectivity index (χ3n) is 3.98. The first-order chi connectivity index (χ1) is 8.09. The van der Waals surface area contributed by atoms with Crippen molar-refractivity contribution in [1.29, 1.82) is 0 Å². The molecular formula is C13H25NO3. The van der Waals surface area contributed by atoms with E-state index in [1.807, 2.05) is 0 Å². The van der Waals surface area contributed by atoms with Crippen molar-refractivity contribution in [2.75, 3.05) is 26.3 Å². The molecule has 0 spiro atoms. The van der Waals surface area contributed by atoms with Crippen molar-refractivity contribution in [3.63, 3.8) is 0 Å². The molecule has 4 nitrogen and oxygen atoms in total. The van der Waals surface area contributed by atoms with Crippen LogP contribution in [0.1, 0.15) is 40.0 Å². The first kappa shape index (κ1) is 14.5. The van der Waals surface area contributed by atoms with E-state index >= 15 is 0 Å². The van der Waals surface area contributed by atoms with Gasteiger partial charge in [0.05, 0.1) is 18.6 Å². The van der Waals surface area contributed by atoms with E-state index < -0.39 is 5.41 Å². The monoisotopic (exact) mass is 243 g/mol. The summed E-state index contributed by atoms with van der Waals surface area (Å²) in [5, 5.41) is 9.50. The Morgan fingerprint density at radius 3 is 2.41 bits per heavy atom. The van der Waals surface area contributed by atoms with Gasteiger partial charge in [0.2, 0.25) is 0 Å². The van der Waals surface area contributed by atoms with E-state index in [-0.39, 0.29) is 12.6 Å². The molecule has 1 saturated heterocycles. The summed E-state index contributed by atoms with van der Waals surface area (Å²) >= 11 is 0. The molecule has 1 N–H and O–H groups in total. The number of hydrogen-bond acceptors (Lipinski definition) is 4. The van der Waals surface area contributed by atoms with Gasteiger partial charge >= 0.3 is 5.97 Å². The van der Waals surface area contributed by atoms with Crippen LogP contribution in [0.15, 0.2) is 0 Å². The van der Waals surface area contributed by atoms with Crippen LogP contribution in [-0.2, 0) is 9.53 Å². The topological polar surface area (TPSA) is 49.8 Å². The highest BCUT2D eigenvalue weighted by Crippen LogP contribution is 2.33. The summed E-state index contributed by atoms with van der Waals surface area (Å²) in [7, 11) is 0. The van der Waals surface area contributed by atoms with Gasteiger partial charge in [0.1, 0.15) is 0 Å². The molecule has 1 aliphatic rings. The van der Waals surface area contributed by atoms with Gasteiger partial charge in [-0.3, -0.25) is 4.79 Å². The molecule has 0 bridgehead atoms. The average molecular weight is 243 g/mol. The predicted octanol–water partition coefficient (Wildman–Crippen LogP) is 1.42. The highest BCUT2D eigenvalue weighted by Gasteiger charge is 2.42. The Balaban J connectivity index is 2.59. The number of likely N-dealkylation sites (tertiary alicyclic amines) is 1. The summed E-state index contributed by atoms with van der Waals surface area (Å²) in [6.07, 6.45) is 2.52. The fourth-order valence-corrected chi connectivity index (χ4v) is 2.36. The summed E-state index contributed by atoms with van der Waals surface area (Å²) < 4.78 is 5.08. The van der Waals surface area contributed by atoms with Crippen LogP contribution >= 0.6 is 0 Å². The SMILES string of the molecule is CCOC(=O)C1(CO)CCN(C(C)CC)CC1. The second-order valence-electron chi connectivity index (χ2n) is 4.95. The standard InChI is InChI=1S/C13H25NO3/c1-4-11(3)14-8-6-13(10-15,7-9-14)12(16)17-5-2/h11,15H,4-10H2,1-3H3. The molecule has 0 aromatic carbocycles. The van der Waals surface area contributed by atoms with Crippen molar-refractivity contribution in [2.24, 2.45) is 5.41 Å². The molecule has 0 aromatic rings. The zero-order chi connectivity index (χ0) is 12.9. The number of rotatable bonds is 5. The smallest absolute Gasteiger partial charge is 0.314 e. The molecule has 1 heterocycles. The van der Waals surface area contributed by atoms with Crippen LogP contribution in [-0.4, -0.2) is 48.3 Å². The lowest BCUT2D eigenvalue weighted by Gasteiger charge is -2.41. The number of hydrogen-bond donors (Lipinski definition) is 1. The number of ether oxygens (including phenoxy) is 1. The number of carbonyl (C=O) groups is 1. The van der Waals surface area contributed by atoms with E-state index in [0.717, 1.165) is 19.5 Å². The zero-order valence-corrected chi connectivity index (χ0v) is 11.2. The Kier molecular flexibility index (Phi) is 5.40. The summed E-state index contributed by atoms with van der Waals surface area (Å²) in [4.78, 5) is 14.3. The zero-order valence-electron chi connectivity index (χ0n) is 11.2. The van der Waals surface area contributed by atoms with Crippen LogP contribution in [0.5, 0.6) is 0 Å². The minimum absolute atomic E-state index is 0.0970. The molecule has 1 fully saturated rings. The molecule has 0 amide bonds. The Morgan fingerprint density at radius 2 is 2.00 bits per heavy atom. The number of piperidine rings is 1. The Hall–Kier alpha value is -0.610. The maximum atomic E-state index is 11.9. The molecule has 1 atom stereocenters. The molecule has 17 heavy (non-hydrogen) atoms. The van der Waals surface area contributed by atoms with Crippen molar-refractivity contribution < 1.29 is 14.6 Å². The maximum absolute atomic E-state index is 11.9. The van der Waals surface area contributed by atoms with Gasteiger partial charge in [-0.25, -0.2) is 0 Å². The molecule has 1 aliphatic heterocycles. The third kappa shape index (κ3) is 3.19. The lowest BCUT2D eigenvalue weighted by atomic mass is 9.78. The van der Waals surface area contributed by atoms with Crippen LogP contribution in [0.2, 0.25) is 0 Å². The summed E-state index contributed by atoms with van der Waals surface area (Å²) in [6, 6.07) is 0.550. The molecule has 0 aromatic heterocycles. The van der Waals surface area contributed by atoms with Crippen LogP contribution in [0.25, 0.3) is 0 Å². The lowest BCUT2D eigenvalue weighted by Crippen LogP contribution is -2.49. The molecule has 100 valence electrons. The van der Waals surface area contributed by atoms with Crippen molar-refractivity contribution in [2.45, 2.75) is 46.1 Å². The van der Waals surface area contributed by atoms with Gasteiger partial charge in [-0.15, -0.1) is 0 Å². The van der Waals surface area contributed by atoms with Gasteiger partial charge in [-0.2, -0.15) is 0 Å². The normalized spacial score (nSPS) is 22.1. The quantitative estimate of drug-likeness (QED) is 0.742. The molecule has 0 aliphatic carbocycles. The van der Waals surface area contributed by atoms with Crippen molar-refractivity contribution in [3.05, 3.63) is 0 Å². The molecule has 0 radical (unpaired) electrons. The van der Waals surface area contributed by atoms with Gasteiger partial charge in [-0.05, 0) is 46.2 Å². The van der Waals surface area contributed by atoms with Crippen LogP contribution in [0.4, 0.5) is 0 Å². The van der Waals surface area contributed by atoms with Gasteiger partial charge in [0.25, 0.3) is 0 Å². The van der Waals surface area contributed by atoms with E-state index in [9.17, 15) is 9.90 Å². The second-order valence-corrected chi connectivity index (χ2v) is 4.95. The Bertz CT molecular complexity index is 247. The minimum Gasteiger partial charge on any atom is -0.465 e. The lowest BCUT2D eigenvalue weighted by molar-refractivity contribution is -0.162. The van der Waals surface area contributed by atoms with E-state index in [2.05, 4.69) is 18.7 Å². The van der Waals surface area contributed by atoms with Crippen molar-refractivity contribution in [1.82, 2.24) is 4.90 Å². The fourth-order valence-electron chi connectivity index (χ4n) is 2.36. The van der Waals surface area contributed by atoms with Crippen molar-refractivity contribution >= 4 is 5.97 Å². The first-order valence-corrected chi connectivity index (χ1v) is 6.61. The molecule has 1 rings (SSSR count). The Morgan fingerprint density at radius 1 is 1.41 bits per heavy atom. The van der Waals surface area contributed by atoms with E-state index in [1.165, 1.54) is 0 Å². The predicted molar refractivity (Wildman–Crippen MR) is 66.7 cm³/mol. The van der Waals surface area contributed by atoms with E-state index in [1.54, 1.807) is 6.92 Å². The van der Waals surface area contributed by atoms with Gasteiger partial charge < -0.3 is 14.7 Å². The van der Waals surface area contributed by atoms with Crippen LogP contribution in [0.3, 0.4) is 0 Å². The number of aliphatic hydroxyl groups excluding tert-OH is 1. The maximum Gasteiger partial charge on any atom is 0.314 e. The third-order valence-corrected chi connectivity index (χ3v) is 3.98. The van der Waals surface area contributed by atoms with E-state index in [4.69, 9.17) is 4.74 Å². The fraction of sp³-hybridized carbons (Fsp3) is 0.923. The molecular weight excluding hydrogens is 218 g/mol. The number of nitrogens with zero attached hydrogens (tertiary/aromatic N) is 1. The molecule has 0 saturated carbocycles. The van der Waals surface area contributed by atoms with Crippen LogP contribution in [0, 0.1) is 5.41 Å². The summed E-state index contributed by atoms with van der Waals surface area (Å²) in [6.45, 7) is 8.20. The molecule has 4 heteroatoms. The summed E-state index contributed by atoms with van der Waals surface area (Å²) in [5.74, 6) is -0.230. The molecule has 1 unspecified atom stereocenters.